The molecule has 26 heavy (non-hydrogen) atoms. The van der Waals surface area contributed by atoms with E-state index in [1.807, 2.05) is 42.5 Å². The lowest BCUT2D eigenvalue weighted by molar-refractivity contribution is -0.384. The molecule has 0 saturated carbocycles. The molecule has 3 rings (SSSR count). The highest BCUT2D eigenvalue weighted by atomic mass is 16.6. The predicted molar refractivity (Wildman–Crippen MR) is 98.9 cm³/mol. The first-order valence-electron chi connectivity index (χ1n) is 8.13. The second-order valence-corrected chi connectivity index (χ2v) is 5.70. The van der Waals surface area contributed by atoms with Crippen molar-refractivity contribution in [2.24, 2.45) is 0 Å². The number of ether oxygens (including phenoxy) is 1. The van der Waals surface area contributed by atoms with Gasteiger partial charge in [0, 0.05) is 18.6 Å². The summed E-state index contributed by atoms with van der Waals surface area (Å²) in [6.07, 6.45) is 0.719. The van der Waals surface area contributed by atoms with Crippen LogP contribution in [0.25, 0.3) is 11.1 Å². The van der Waals surface area contributed by atoms with Crippen LogP contribution in [0.4, 0.5) is 5.69 Å². The van der Waals surface area contributed by atoms with Gasteiger partial charge in [-0.3, -0.25) is 10.1 Å². The maximum atomic E-state index is 10.6. The van der Waals surface area contributed by atoms with Crippen LogP contribution in [0, 0.1) is 21.4 Å². The minimum Gasteiger partial charge on any atom is -0.493 e. The van der Waals surface area contributed by atoms with E-state index in [0.29, 0.717) is 17.9 Å². The Hall–Kier alpha value is -3.65. The summed E-state index contributed by atoms with van der Waals surface area (Å²) in [6, 6.07) is 23.8. The molecule has 0 aliphatic heterocycles. The number of rotatable bonds is 6. The van der Waals surface area contributed by atoms with Crippen molar-refractivity contribution in [2.45, 2.75) is 6.42 Å². The number of non-ortho nitro benzene ring substituents is 1. The van der Waals surface area contributed by atoms with E-state index in [4.69, 9.17) is 4.74 Å². The third kappa shape index (κ3) is 4.05. The third-order valence-corrected chi connectivity index (χ3v) is 4.02. The third-order valence-electron chi connectivity index (χ3n) is 4.02. The highest BCUT2D eigenvalue weighted by Crippen LogP contribution is 2.24. The van der Waals surface area contributed by atoms with E-state index in [9.17, 15) is 15.4 Å². The molecule has 5 nitrogen and oxygen atoms in total. The van der Waals surface area contributed by atoms with Crippen LogP contribution in [0.15, 0.2) is 72.8 Å². The lowest BCUT2D eigenvalue weighted by atomic mass is 9.99. The SMILES string of the molecule is N#Cc1ccccc1-c1ccc(CCOc2ccc([N+](=O)[O-])cc2)cc1. The van der Waals surface area contributed by atoms with E-state index in [0.717, 1.165) is 23.1 Å². The number of nitro benzene ring substituents is 1. The van der Waals surface area contributed by atoms with Crippen molar-refractivity contribution in [3.63, 3.8) is 0 Å². The zero-order chi connectivity index (χ0) is 18.4. The van der Waals surface area contributed by atoms with Crippen molar-refractivity contribution in [1.82, 2.24) is 0 Å². The van der Waals surface area contributed by atoms with E-state index in [2.05, 4.69) is 6.07 Å². The van der Waals surface area contributed by atoms with E-state index in [1.54, 1.807) is 18.2 Å². The van der Waals surface area contributed by atoms with Gasteiger partial charge in [-0.1, -0.05) is 42.5 Å². The van der Waals surface area contributed by atoms with Gasteiger partial charge in [-0.25, -0.2) is 0 Å². The minimum absolute atomic E-state index is 0.0468. The normalized spacial score (nSPS) is 10.1. The molecule has 0 spiro atoms. The van der Waals surface area contributed by atoms with Crippen LogP contribution in [0.3, 0.4) is 0 Å². The van der Waals surface area contributed by atoms with Crippen LogP contribution < -0.4 is 4.74 Å². The number of nitrogens with zero attached hydrogens (tertiary/aromatic N) is 2. The van der Waals surface area contributed by atoms with Gasteiger partial charge in [-0.2, -0.15) is 5.26 Å². The molecule has 0 heterocycles. The standard InChI is InChI=1S/C21H16N2O3/c22-15-18-3-1-2-4-21(18)17-7-5-16(6-8-17)13-14-26-20-11-9-19(10-12-20)23(24)25/h1-12H,13-14H2. The summed E-state index contributed by atoms with van der Waals surface area (Å²) in [4.78, 5) is 10.2. The Balaban J connectivity index is 1.59. The second kappa shape index (κ2) is 7.95. The highest BCUT2D eigenvalue weighted by Gasteiger charge is 2.05. The number of hydrogen-bond acceptors (Lipinski definition) is 4. The fourth-order valence-corrected chi connectivity index (χ4v) is 2.63. The molecule has 3 aromatic carbocycles. The average Bonchev–Trinajstić information content (AvgIpc) is 2.69. The van der Waals surface area contributed by atoms with Gasteiger partial charge in [0.05, 0.1) is 23.2 Å². The fourth-order valence-electron chi connectivity index (χ4n) is 2.63. The number of hydrogen-bond donors (Lipinski definition) is 0. The molecular formula is C21H16N2O3. The van der Waals surface area contributed by atoms with Gasteiger partial charge in [0.15, 0.2) is 0 Å². The number of benzene rings is 3. The maximum Gasteiger partial charge on any atom is 0.269 e. The van der Waals surface area contributed by atoms with Crippen molar-refractivity contribution < 1.29 is 9.66 Å². The van der Waals surface area contributed by atoms with Gasteiger partial charge >= 0.3 is 0 Å². The molecule has 0 N–H and O–H groups in total. The molecule has 0 radical (unpaired) electrons. The van der Waals surface area contributed by atoms with Crippen LogP contribution in [0.1, 0.15) is 11.1 Å². The van der Waals surface area contributed by atoms with Gasteiger partial charge in [-0.05, 0) is 34.9 Å². The summed E-state index contributed by atoms with van der Waals surface area (Å²) in [7, 11) is 0. The Bertz CT molecular complexity index is 942. The Morgan fingerprint density at radius 2 is 1.65 bits per heavy atom. The van der Waals surface area contributed by atoms with Crippen LogP contribution in [0.5, 0.6) is 5.75 Å². The summed E-state index contributed by atoms with van der Waals surface area (Å²) in [6.45, 7) is 0.478. The first-order valence-corrected chi connectivity index (χ1v) is 8.13. The lowest BCUT2D eigenvalue weighted by Crippen LogP contribution is -2.01. The van der Waals surface area contributed by atoms with Gasteiger partial charge in [-0.15, -0.1) is 0 Å². The smallest absolute Gasteiger partial charge is 0.269 e. The lowest BCUT2D eigenvalue weighted by Gasteiger charge is -2.08. The fraction of sp³-hybridized carbons (Fsp3) is 0.0952. The molecule has 0 amide bonds. The molecule has 0 saturated heterocycles. The number of nitro groups is 1. The van der Waals surface area contributed by atoms with Gasteiger partial charge in [0.2, 0.25) is 0 Å². The quantitative estimate of drug-likeness (QED) is 0.477. The van der Waals surface area contributed by atoms with Crippen molar-refractivity contribution in [1.29, 1.82) is 5.26 Å². The topological polar surface area (TPSA) is 76.2 Å². The summed E-state index contributed by atoms with van der Waals surface area (Å²) < 4.78 is 5.63. The van der Waals surface area contributed by atoms with E-state index >= 15 is 0 Å². The molecule has 0 unspecified atom stereocenters. The molecule has 0 aliphatic rings. The Morgan fingerprint density at radius 3 is 2.31 bits per heavy atom. The Kier molecular flexibility index (Phi) is 5.25. The average molecular weight is 344 g/mol. The summed E-state index contributed by atoms with van der Waals surface area (Å²) in [5.74, 6) is 0.607. The van der Waals surface area contributed by atoms with Gasteiger partial charge in [0.1, 0.15) is 5.75 Å². The zero-order valence-corrected chi connectivity index (χ0v) is 14.0. The molecule has 0 aromatic heterocycles. The van der Waals surface area contributed by atoms with E-state index in [1.165, 1.54) is 12.1 Å². The molecule has 128 valence electrons. The molecule has 0 aliphatic carbocycles. The maximum absolute atomic E-state index is 10.6. The summed E-state index contributed by atoms with van der Waals surface area (Å²) in [5.41, 5.74) is 3.74. The predicted octanol–water partition coefficient (Wildman–Crippen LogP) is 4.75. The molecule has 0 bridgehead atoms. The zero-order valence-electron chi connectivity index (χ0n) is 14.0. The van der Waals surface area contributed by atoms with Gasteiger partial charge in [0.25, 0.3) is 5.69 Å². The van der Waals surface area contributed by atoms with Crippen molar-refractivity contribution in [3.05, 3.63) is 94.0 Å². The van der Waals surface area contributed by atoms with Crippen LogP contribution in [-0.2, 0) is 6.42 Å². The van der Waals surface area contributed by atoms with Crippen LogP contribution >= 0.6 is 0 Å². The van der Waals surface area contributed by atoms with Crippen LogP contribution in [0.2, 0.25) is 0 Å². The van der Waals surface area contributed by atoms with E-state index < -0.39 is 4.92 Å². The Morgan fingerprint density at radius 1 is 0.962 bits per heavy atom. The van der Waals surface area contributed by atoms with Crippen molar-refractivity contribution >= 4 is 5.69 Å². The molecule has 0 fully saturated rings. The van der Waals surface area contributed by atoms with E-state index in [-0.39, 0.29) is 5.69 Å². The largest absolute Gasteiger partial charge is 0.493 e. The summed E-state index contributed by atoms with van der Waals surface area (Å²) >= 11 is 0. The number of nitriles is 1. The Labute approximate surface area is 151 Å². The molecular weight excluding hydrogens is 328 g/mol. The van der Waals surface area contributed by atoms with Crippen LogP contribution in [-0.4, -0.2) is 11.5 Å². The summed E-state index contributed by atoms with van der Waals surface area (Å²) in [5, 5.41) is 19.8. The second-order valence-electron chi connectivity index (χ2n) is 5.70. The molecule has 0 atom stereocenters. The van der Waals surface area contributed by atoms with Crippen molar-refractivity contribution in [2.75, 3.05) is 6.61 Å². The minimum atomic E-state index is -0.435. The molecule has 3 aromatic rings. The highest BCUT2D eigenvalue weighted by molar-refractivity contribution is 5.70. The van der Waals surface area contributed by atoms with Gasteiger partial charge < -0.3 is 4.74 Å². The monoisotopic (exact) mass is 344 g/mol. The first-order chi connectivity index (χ1) is 12.7. The molecule has 5 heteroatoms. The van der Waals surface area contributed by atoms with Crippen molar-refractivity contribution in [3.8, 4) is 22.9 Å². The first kappa shape index (κ1) is 17.2.